The molecule has 2 heterocycles. The molecule has 0 aliphatic carbocycles. The molecule has 3 atom stereocenters. The number of aliphatic hydroxyl groups is 1. The maximum atomic E-state index is 15.0. The fourth-order valence-electron chi connectivity index (χ4n) is 6.93. The Hall–Kier alpha value is -5.75. The largest absolute Gasteiger partial charge is 0.387 e. The zero-order chi connectivity index (χ0) is 45.6. The molecule has 4 rings (SSSR count). The number of nitrogens with zero attached hydrogens (tertiary/aromatic N) is 4. The van der Waals surface area contributed by atoms with Crippen LogP contribution in [0.15, 0.2) is 54.7 Å². The zero-order valence-electron chi connectivity index (χ0n) is 36.2. The van der Waals surface area contributed by atoms with E-state index in [1.165, 1.54) is 11.8 Å². The van der Waals surface area contributed by atoms with E-state index in [1.807, 2.05) is 51.1 Å². The molecular formula is C44H59F2N7O9. The number of rotatable bonds is 20. The molecule has 338 valence electrons. The van der Waals surface area contributed by atoms with Gasteiger partial charge in [-0.25, -0.2) is 18.6 Å². The second-order valence-electron chi connectivity index (χ2n) is 16.6. The van der Waals surface area contributed by atoms with Crippen molar-refractivity contribution in [2.24, 2.45) is 11.3 Å². The van der Waals surface area contributed by atoms with Gasteiger partial charge in [0.05, 0.1) is 11.7 Å². The number of aromatic nitrogens is 2. The smallest absolute Gasteiger partial charge is 0.332 e. The summed E-state index contributed by atoms with van der Waals surface area (Å²) in [5.74, 6) is -4.56. The van der Waals surface area contributed by atoms with Gasteiger partial charge >= 0.3 is 5.97 Å². The van der Waals surface area contributed by atoms with Gasteiger partial charge in [0, 0.05) is 57.3 Å². The number of carbonyl (C=O) groups excluding carboxylic acids is 6. The quantitative estimate of drug-likeness (QED) is 0.120. The summed E-state index contributed by atoms with van der Waals surface area (Å²) in [6, 6.07) is 9.76. The lowest BCUT2D eigenvalue weighted by atomic mass is 9.84. The number of ether oxygens (including phenoxy) is 1. The fourth-order valence-corrected chi connectivity index (χ4v) is 6.93. The lowest BCUT2D eigenvalue weighted by molar-refractivity contribution is -0.212. The zero-order valence-corrected chi connectivity index (χ0v) is 36.2. The molecule has 16 nitrogen and oxygen atoms in total. The van der Waals surface area contributed by atoms with Gasteiger partial charge in [-0.2, -0.15) is 0 Å². The molecule has 4 N–H and O–H groups in total. The van der Waals surface area contributed by atoms with Crippen molar-refractivity contribution in [2.45, 2.75) is 105 Å². The van der Waals surface area contributed by atoms with Gasteiger partial charge in [-0.05, 0) is 61.3 Å². The van der Waals surface area contributed by atoms with E-state index in [-0.39, 0.29) is 75.0 Å². The predicted octanol–water partition coefficient (Wildman–Crippen LogP) is 4.16. The lowest BCUT2D eigenvalue weighted by Crippen LogP contribution is -2.54. The normalized spacial score (nSPS) is 14.7. The summed E-state index contributed by atoms with van der Waals surface area (Å²) in [5.41, 5.74) is 0.317. The van der Waals surface area contributed by atoms with Gasteiger partial charge in [0.1, 0.15) is 36.1 Å². The lowest BCUT2D eigenvalue weighted by Gasteiger charge is -2.40. The number of aliphatic hydroxyl groups excluding tert-OH is 1. The van der Waals surface area contributed by atoms with Gasteiger partial charge in [0.15, 0.2) is 6.73 Å². The van der Waals surface area contributed by atoms with Crippen LogP contribution in [0, 0.1) is 23.0 Å². The summed E-state index contributed by atoms with van der Waals surface area (Å²) >= 11 is 0. The molecule has 1 aliphatic rings. The molecule has 3 aromatic rings. The van der Waals surface area contributed by atoms with Crippen molar-refractivity contribution in [3.8, 4) is 11.3 Å². The van der Waals surface area contributed by atoms with E-state index in [9.17, 15) is 38.3 Å². The van der Waals surface area contributed by atoms with E-state index in [4.69, 9.17) is 14.6 Å². The third-order valence-corrected chi connectivity index (χ3v) is 10.1. The molecule has 1 fully saturated rings. The number of amides is 5. The van der Waals surface area contributed by atoms with Gasteiger partial charge in [-0.3, -0.25) is 24.0 Å². The Labute approximate surface area is 360 Å². The highest BCUT2D eigenvalue weighted by atomic mass is 19.1. The Morgan fingerprint density at radius 2 is 1.71 bits per heavy atom. The minimum atomic E-state index is -1.01. The molecule has 0 unspecified atom stereocenters. The third-order valence-electron chi connectivity index (χ3n) is 10.1. The van der Waals surface area contributed by atoms with Crippen LogP contribution in [0.25, 0.3) is 11.3 Å². The molecule has 0 bridgehead atoms. The Kier molecular flexibility index (Phi) is 18.1. The molecule has 0 saturated carbocycles. The van der Waals surface area contributed by atoms with E-state index < -0.39 is 71.4 Å². The van der Waals surface area contributed by atoms with Crippen LogP contribution in [0.4, 0.5) is 8.78 Å². The van der Waals surface area contributed by atoms with Crippen LogP contribution in [-0.4, -0.2) is 105 Å². The molecular weight excluding hydrogens is 809 g/mol. The monoisotopic (exact) mass is 867 g/mol. The first kappa shape index (κ1) is 48.9. The maximum absolute atomic E-state index is 15.0. The standard InChI is InChI=1S/C44H59F2N7O9/c1-28(2)39(50-35(55)15-10-17-38(58)62-53-27-61-22-11-16-36(53)56)43(60)48-29(3)42(59)47-20-12-21-52(37(57)26-54)40(44(4,5)6)41-49-34(32-23-31(45)18-19-33(32)46)25-51(41)24-30-13-8-7-9-14-30/h7-9,13-14,18-19,23,25,28-29,39-40,54H,10-12,15-17,20-22,24,26-27H2,1-6H3,(H,47,59)(H,48,60)(H,50,55)/t29-,39-,40-/m0/s1. The Balaban J connectivity index is 1.37. The predicted molar refractivity (Wildman–Crippen MR) is 223 cm³/mol. The fraction of sp³-hybridized carbons (Fsp3) is 0.523. The molecule has 62 heavy (non-hydrogen) atoms. The number of carbonyl (C=O) groups is 6. The summed E-state index contributed by atoms with van der Waals surface area (Å²) in [6.45, 7) is 10.5. The Morgan fingerprint density at radius 3 is 2.39 bits per heavy atom. The minimum Gasteiger partial charge on any atom is -0.387 e. The summed E-state index contributed by atoms with van der Waals surface area (Å²) in [5, 5.41) is 19.0. The van der Waals surface area contributed by atoms with Crippen molar-refractivity contribution in [3.63, 3.8) is 0 Å². The second-order valence-corrected chi connectivity index (χ2v) is 16.6. The SMILES string of the molecule is CC(C)[C@H](NC(=O)CCCC(=O)ON1COCCCC1=O)C(=O)N[C@@H](C)C(=O)NCCCN(C(=O)CO)[C@@H](c1nc(-c2cc(F)ccc2F)cn1Cc1ccccc1)C(C)(C)C. The van der Waals surface area contributed by atoms with Crippen molar-refractivity contribution in [2.75, 3.05) is 33.0 Å². The van der Waals surface area contributed by atoms with Gasteiger partial charge < -0.3 is 40.1 Å². The van der Waals surface area contributed by atoms with Crippen LogP contribution in [-0.2, 0) is 44.9 Å². The number of hydroxylamine groups is 2. The topological polar surface area (TPSA) is 202 Å². The van der Waals surface area contributed by atoms with Crippen molar-refractivity contribution in [1.82, 2.24) is 35.5 Å². The summed E-state index contributed by atoms with van der Waals surface area (Å²) < 4.78 is 36.4. The number of halogens is 2. The van der Waals surface area contributed by atoms with Crippen LogP contribution in [0.3, 0.4) is 0 Å². The highest BCUT2D eigenvalue weighted by molar-refractivity contribution is 5.92. The van der Waals surface area contributed by atoms with Gasteiger partial charge in [-0.15, -0.1) is 5.06 Å². The van der Waals surface area contributed by atoms with Crippen molar-refractivity contribution >= 4 is 35.5 Å². The van der Waals surface area contributed by atoms with Gasteiger partial charge in [-0.1, -0.05) is 65.0 Å². The summed E-state index contributed by atoms with van der Waals surface area (Å²) in [4.78, 5) is 88.3. The van der Waals surface area contributed by atoms with E-state index >= 15 is 4.39 Å². The molecule has 0 radical (unpaired) electrons. The van der Waals surface area contributed by atoms with Crippen LogP contribution in [0.1, 0.15) is 97.5 Å². The van der Waals surface area contributed by atoms with Crippen LogP contribution < -0.4 is 16.0 Å². The van der Waals surface area contributed by atoms with Crippen LogP contribution >= 0.6 is 0 Å². The highest BCUT2D eigenvalue weighted by Crippen LogP contribution is 2.39. The van der Waals surface area contributed by atoms with Gasteiger partial charge in [0.25, 0.3) is 5.91 Å². The first-order valence-electron chi connectivity index (χ1n) is 20.8. The van der Waals surface area contributed by atoms with Crippen molar-refractivity contribution in [3.05, 3.63) is 77.8 Å². The highest BCUT2D eigenvalue weighted by Gasteiger charge is 2.38. The number of hydrogen-bond acceptors (Lipinski definition) is 10. The van der Waals surface area contributed by atoms with E-state index in [0.717, 1.165) is 28.8 Å². The van der Waals surface area contributed by atoms with Gasteiger partial charge in [0.2, 0.25) is 23.6 Å². The Morgan fingerprint density at radius 1 is 0.984 bits per heavy atom. The number of hydrogen-bond donors (Lipinski definition) is 4. The molecule has 18 heteroatoms. The average Bonchev–Trinajstić information content (AvgIpc) is 3.50. The summed E-state index contributed by atoms with van der Waals surface area (Å²) in [6.07, 6.45) is 2.42. The minimum absolute atomic E-state index is 0.0499. The molecule has 0 spiro atoms. The average molecular weight is 868 g/mol. The number of imidazole rings is 1. The first-order valence-corrected chi connectivity index (χ1v) is 20.8. The van der Waals surface area contributed by atoms with E-state index in [1.54, 1.807) is 24.6 Å². The number of benzene rings is 2. The van der Waals surface area contributed by atoms with Crippen molar-refractivity contribution in [1.29, 1.82) is 0 Å². The molecule has 2 aromatic carbocycles. The maximum Gasteiger partial charge on any atom is 0.332 e. The number of nitrogens with one attached hydrogen (secondary N) is 3. The van der Waals surface area contributed by atoms with E-state index in [0.29, 0.717) is 25.4 Å². The van der Waals surface area contributed by atoms with Crippen LogP contribution in [0.5, 0.6) is 0 Å². The molecule has 1 aliphatic heterocycles. The second kappa shape index (κ2) is 22.9. The first-order chi connectivity index (χ1) is 29.4. The summed E-state index contributed by atoms with van der Waals surface area (Å²) in [7, 11) is 0. The Bertz CT molecular complexity index is 2020. The van der Waals surface area contributed by atoms with Crippen molar-refractivity contribution < 1.29 is 52.2 Å². The molecule has 1 saturated heterocycles. The third kappa shape index (κ3) is 14.2. The molecule has 5 amide bonds. The molecule has 1 aromatic heterocycles. The van der Waals surface area contributed by atoms with E-state index in [2.05, 4.69) is 16.0 Å². The van der Waals surface area contributed by atoms with Crippen LogP contribution in [0.2, 0.25) is 0 Å².